The first-order valence-corrected chi connectivity index (χ1v) is 12.0. The Bertz CT molecular complexity index is 1010. The van der Waals surface area contributed by atoms with Gasteiger partial charge in [-0.25, -0.2) is 4.39 Å². The lowest BCUT2D eigenvalue weighted by Crippen LogP contribution is -2.50. The minimum Gasteiger partial charge on any atom is -0.388 e. The number of benzene rings is 2. The smallest absolute Gasteiger partial charge is 0.254 e. The molecule has 0 saturated carbocycles. The van der Waals surface area contributed by atoms with E-state index in [1.807, 2.05) is 6.07 Å². The second-order valence-corrected chi connectivity index (χ2v) is 8.86. The number of halogens is 1. The van der Waals surface area contributed by atoms with Crippen LogP contribution in [0.25, 0.3) is 0 Å². The summed E-state index contributed by atoms with van der Waals surface area (Å²) in [6, 6.07) is 12.0. The van der Waals surface area contributed by atoms with Gasteiger partial charge in [0.2, 0.25) is 0 Å². The largest absolute Gasteiger partial charge is 0.388 e. The van der Waals surface area contributed by atoms with E-state index in [0.29, 0.717) is 38.1 Å². The van der Waals surface area contributed by atoms with Crippen LogP contribution >= 0.6 is 0 Å². The number of hydrogen-bond donors (Lipinski definition) is 4. The van der Waals surface area contributed by atoms with E-state index in [1.165, 1.54) is 17.0 Å². The van der Waals surface area contributed by atoms with Crippen LogP contribution in [0.4, 0.5) is 4.39 Å². The second kappa shape index (κ2) is 13.4. The number of carbonyl (C=O) groups is 2. The van der Waals surface area contributed by atoms with Crippen molar-refractivity contribution in [2.24, 2.45) is 5.73 Å². The van der Waals surface area contributed by atoms with Gasteiger partial charge in [0.05, 0.1) is 6.61 Å². The van der Waals surface area contributed by atoms with Crippen LogP contribution in [-0.4, -0.2) is 94.6 Å². The van der Waals surface area contributed by atoms with E-state index >= 15 is 0 Å². The topological polar surface area (TPSA) is 137 Å². The normalized spacial score (nSPS) is 22.6. The van der Waals surface area contributed by atoms with Crippen molar-refractivity contribution in [3.8, 4) is 0 Å². The van der Waals surface area contributed by atoms with Crippen molar-refractivity contribution >= 4 is 11.8 Å². The zero-order chi connectivity index (χ0) is 26.1. The Balaban J connectivity index is 1.85. The second-order valence-electron chi connectivity index (χ2n) is 8.86. The third-order valence-corrected chi connectivity index (χ3v) is 6.17. The fourth-order valence-corrected chi connectivity index (χ4v) is 4.02. The molecule has 2 aromatic carbocycles. The van der Waals surface area contributed by atoms with Crippen molar-refractivity contribution in [1.29, 1.82) is 0 Å². The Labute approximate surface area is 209 Å². The number of nitrogens with zero attached hydrogens (tertiary/aromatic N) is 2. The van der Waals surface area contributed by atoms with Crippen molar-refractivity contribution in [2.45, 2.75) is 37.7 Å². The molecule has 10 heteroatoms. The van der Waals surface area contributed by atoms with E-state index in [0.717, 1.165) is 17.7 Å². The molecule has 1 heterocycles. The summed E-state index contributed by atoms with van der Waals surface area (Å²) in [7, 11) is 0. The summed E-state index contributed by atoms with van der Waals surface area (Å²) in [5.41, 5.74) is 7.21. The van der Waals surface area contributed by atoms with Gasteiger partial charge in [-0.2, -0.15) is 0 Å². The number of amides is 2. The lowest BCUT2D eigenvalue weighted by molar-refractivity contribution is -0.0932. The third kappa shape index (κ3) is 7.55. The van der Waals surface area contributed by atoms with E-state index in [-0.39, 0.29) is 37.7 Å². The van der Waals surface area contributed by atoms with E-state index < -0.39 is 30.0 Å². The lowest BCUT2D eigenvalue weighted by Gasteiger charge is -2.32. The monoisotopic (exact) mass is 503 g/mol. The van der Waals surface area contributed by atoms with E-state index in [4.69, 9.17) is 10.5 Å². The number of rotatable bonds is 3. The van der Waals surface area contributed by atoms with Gasteiger partial charge in [-0.15, -0.1) is 0 Å². The van der Waals surface area contributed by atoms with Crippen molar-refractivity contribution in [1.82, 2.24) is 9.80 Å². The van der Waals surface area contributed by atoms with Crippen molar-refractivity contribution < 1.29 is 34.0 Å². The molecule has 2 aromatic rings. The Morgan fingerprint density at radius 2 is 1.61 bits per heavy atom. The molecule has 1 aliphatic rings. The molecule has 3 rings (SSSR count). The Morgan fingerprint density at radius 3 is 2.33 bits per heavy atom. The maximum absolute atomic E-state index is 13.4. The van der Waals surface area contributed by atoms with Gasteiger partial charge >= 0.3 is 0 Å². The molecule has 0 unspecified atom stereocenters. The molecule has 1 fully saturated rings. The molecule has 3 atom stereocenters. The number of ether oxygens (including phenoxy) is 1. The number of aliphatic hydroxyl groups is 3. The van der Waals surface area contributed by atoms with Crippen LogP contribution < -0.4 is 5.73 Å². The average Bonchev–Trinajstić information content (AvgIpc) is 2.89. The highest BCUT2D eigenvalue weighted by atomic mass is 19.1. The lowest BCUT2D eigenvalue weighted by atomic mass is 10.1. The van der Waals surface area contributed by atoms with Crippen LogP contribution in [0, 0.1) is 5.82 Å². The van der Waals surface area contributed by atoms with Crippen LogP contribution in [-0.2, 0) is 11.3 Å². The summed E-state index contributed by atoms with van der Waals surface area (Å²) in [5, 5.41) is 31.1. The molecule has 0 radical (unpaired) electrons. The summed E-state index contributed by atoms with van der Waals surface area (Å²) < 4.78 is 18.8. The van der Waals surface area contributed by atoms with Crippen LogP contribution in [0.1, 0.15) is 39.1 Å². The van der Waals surface area contributed by atoms with Gasteiger partial charge in [-0.3, -0.25) is 9.59 Å². The first-order chi connectivity index (χ1) is 17.3. The highest BCUT2D eigenvalue weighted by Gasteiger charge is 2.29. The summed E-state index contributed by atoms with van der Waals surface area (Å²) >= 11 is 0. The molecule has 2 amide bonds. The molecular weight excluding hydrogens is 469 g/mol. The minimum absolute atomic E-state index is 0.0505. The molecule has 1 aliphatic heterocycles. The Kier molecular flexibility index (Phi) is 10.3. The zero-order valence-electron chi connectivity index (χ0n) is 20.1. The van der Waals surface area contributed by atoms with Crippen molar-refractivity contribution in [3.05, 3.63) is 71.0 Å². The third-order valence-electron chi connectivity index (χ3n) is 6.17. The van der Waals surface area contributed by atoms with Crippen molar-refractivity contribution in [2.75, 3.05) is 39.4 Å². The number of β-amino-alcohol motifs (C(OH)–C–C–N with tert-alkyl or cyclic N) is 1. The number of aliphatic hydroxyl groups excluding tert-OH is 3. The van der Waals surface area contributed by atoms with Gasteiger partial charge in [0.15, 0.2) is 0 Å². The predicted molar refractivity (Wildman–Crippen MR) is 131 cm³/mol. The molecule has 1 saturated heterocycles. The summed E-state index contributed by atoms with van der Waals surface area (Å²) in [6.07, 6.45) is -3.13. The Hall–Kier alpha value is -2.89. The van der Waals surface area contributed by atoms with Gasteiger partial charge in [-0.05, 0) is 54.8 Å². The van der Waals surface area contributed by atoms with Crippen LogP contribution in [0.3, 0.4) is 0 Å². The molecular formula is C26H34FN3O6. The molecule has 9 nitrogen and oxygen atoms in total. The minimum atomic E-state index is -1.55. The van der Waals surface area contributed by atoms with Gasteiger partial charge in [0, 0.05) is 50.5 Å². The fourth-order valence-electron chi connectivity index (χ4n) is 4.02. The zero-order valence-corrected chi connectivity index (χ0v) is 20.1. The maximum atomic E-state index is 13.4. The molecule has 0 spiro atoms. The summed E-state index contributed by atoms with van der Waals surface area (Å²) in [4.78, 5) is 29.5. The van der Waals surface area contributed by atoms with E-state index in [2.05, 4.69) is 0 Å². The number of nitrogens with two attached hydrogens (primary N) is 1. The summed E-state index contributed by atoms with van der Waals surface area (Å²) in [6.45, 7) is 0.739. The molecule has 5 N–H and O–H groups in total. The van der Waals surface area contributed by atoms with Crippen LogP contribution in [0.5, 0.6) is 0 Å². The first-order valence-electron chi connectivity index (χ1n) is 12.0. The quantitative estimate of drug-likeness (QED) is 0.486. The molecule has 0 aliphatic carbocycles. The fraction of sp³-hybridized carbons (Fsp3) is 0.462. The van der Waals surface area contributed by atoms with Gasteiger partial charge in [0.1, 0.15) is 24.1 Å². The SMILES string of the molecule is NCc1cccc(C(=O)N2CCCCOC[C@@H](O)[C@H](O)[C@@H](O)CN(C(=O)c3ccc(F)cc3)CC2)c1. The molecule has 36 heavy (non-hydrogen) atoms. The maximum Gasteiger partial charge on any atom is 0.254 e. The number of carbonyl (C=O) groups excluding carboxylic acids is 2. The molecule has 196 valence electrons. The average molecular weight is 504 g/mol. The van der Waals surface area contributed by atoms with Gasteiger partial charge < -0.3 is 35.6 Å². The molecule has 0 aromatic heterocycles. The highest BCUT2D eigenvalue weighted by molar-refractivity contribution is 5.95. The number of hydrogen-bond acceptors (Lipinski definition) is 7. The van der Waals surface area contributed by atoms with E-state index in [1.54, 1.807) is 23.1 Å². The molecule has 0 bridgehead atoms. The van der Waals surface area contributed by atoms with Gasteiger partial charge in [0.25, 0.3) is 11.8 Å². The predicted octanol–water partition coefficient (Wildman–Crippen LogP) is 0.762. The highest BCUT2D eigenvalue weighted by Crippen LogP contribution is 2.14. The van der Waals surface area contributed by atoms with Gasteiger partial charge in [-0.1, -0.05) is 12.1 Å². The van der Waals surface area contributed by atoms with Crippen LogP contribution in [0.15, 0.2) is 48.5 Å². The standard InChI is InChI=1S/C26H34FN3O6/c27-21-8-6-19(7-9-21)25(34)30-12-11-29(26(35)20-5-3-4-18(14-20)15-28)10-1-2-13-36-17-23(32)24(33)22(31)16-30/h3-9,14,22-24,31-33H,1-2,10-13,15-17,28H2/t22-,23+,24+/m0/s1. The van der Waals surface area contributed by atoms with E-state index in [9.17, 15) is 29.3 Å². The summed E-state index contributed by atoms with van der Waals surface area (Å²) in [5.74, 6) is -1.22. The first kappa shape index (κ1) is 27.7. The van der Waals surface area contributed by atoms with Crippen molar-refractivity contribution in [3.63, 3.8) is 0 Å². The van der Waals surface area contributed by atoms with Crippen LogP contribution in [0.2, 0.25) is 0 Å². The Morgan fingerprint density at radius 1 is 0.917 bits per heavy atom.